The third kappa shape index (κ3) is 6.08. The molecule has 0 aromatic heterocycles. The van der Waals surface area contributed by atoms with Crippen LogP contribution in [0.25, 0.3) is 11.1 Å². The third-order valence-corrected chi connectivity index (χ3v) is 6.34. The Kier molecular flexibility index (Phi) is 8.27. The van der Waals surface area contributed by atoms with Crippen molar-refractivity contribution >= 4 is 11.9 Å². The monoisotopic (exact) mass is 537 g/mol. The highest BCUT2D eigenvalue weighted by Gasteiger charge is 2.58. The van der Waals surface area contributed by atoms with E-state index in [0.29, 0.717) is 29.0 Å². The van der Waals surface area contributed by atoms with Crippen molar-refractivity contribution in [3.05, 3.63) is 71.8 Å². The number of hydrogen-bond acceptors (Lipinski definition) is 8. The number of nitrogens with one attached hydrogen (secondary N) is 1. The van der Waals surface area contributed by atoms with E-state index in [1.807, 2.05) is 38.1 Å². The van der Waals surface area contributed by atoms with Crippen molar-refractivity contribution in [3.8, 4) is 34.1 Å². The standard InChI is InChI=1S/C29H31NO9/c1-17-4-9-23(10-5-17)37-16-21(31)15-30-18(2)14-20-8-13-24-26(39-29(38-24,27(32)33)28(34)35)25(20)19-6-11-22(36-3)12-7-19/h4-13,18,21,30-31H,14-16H2,1-3H3,(H,32,33)(H,34,35). The van der Waals surface area contributed by atoms with Gasteiger partial charge in [0, 0.05) is 18.2 Å². The summed E-state index contributed by atoms with van der Waals surface area (Å²) in [7, 11) is 1.54. The van der Waals surface area contributed by atoms with E-state index in [4.69, 9.17) is 18.9 Å². The highest BCUT2D eigenvalue weighted by Crippen LogP contribution is 2.48. The number of rotatable bonds is 12. The van der Waals surface area contributed by atoms with Gasteiger partial charge in [-0.25, -0.2) is 9.59 Å². The summed E-state index contributed by atoms with van der Waals surface area (Å²) in [6.45, 7) is 4.32. The largest absolute Gasteiger partial charge is 0.497 e. The number of aliphatic hydroxyl groups is 1. The molecule has 39 heavy (non-hydrogen) atoms. The van der Waals surface area contributed by atoms with Crippen molar-refractivity contribution in [1.82, 2.24) is 5.32 Å². The summed E-state index contributed by atoms with van der Waals surface area (Å²) in [5, 5.41) is 32.9. The zero-order valence-corrected chi connectivity index (χ0v) is 21.8. The van der Waals surface area contributed by atoms with E-state index in [2.05, 4.69) is 5.32 Å². The molecular weight excluding hydrogens is 506 g/mol. The van der Waals surface area contributed by atoms with Gasteiger partial charge in [0.2, 0.25) is 0 Å². The van der Waals surface area contributed by atoms with Gasteiger partial charge in [-0.05, 0) is 61.7 Å². The number of ether oxygens (including phenoxy) is 4. The molecule has 0 fully saturated rings. The summed E-state index contributed by atoms with van der Waals surface area (Å²) >= 11 is 0. The van der Waals surface area contributed by atoms with Crippen molar-refractivity contribution in [2.75, 3.05) is 20.3 Å². The quantitative estimate of drug-likeness (QED) is 0.254. The lowest BCUT2D eigenvalue weighted by Gasteiger charge is -2.20. The molecule has 1 heterocycles. The Morgan fingerprint density at radius 2 is 1.59 bits per heavy atom. The Labute approximate surface area is 225 Å². The molecule has 0 spiro atoms. The topological polar surface area (TPSA) is 144 Å². The van der Waals surface area contributed by atoms with Gasteiger partial charge in [0.05, 0.1) is 7.11 Å². The van der Waals surface area contributed by atoms with Gasteiger partial charge in [0.15, 0.2) is 11.5 Å². The van der Waals surface area contributed by atoms with E-state index in [9.17, 15) is 24.9 Å². The molecule has 0 saturated carbocycles. The van der Waals surface area contributed by atoms with Gasteiger partial charge in [0.1, 0.15) is 24.2 Å². The normalized spacial score (nSPS) is 14.9. The van der Waals surface area contributed by atoms with E-state index in [-0.39, 0.29) is 30.7 Å². The summed E-state index contributed by atoms with van der Waals surface area (Å²) < 4.78 is 21.7. The molecule has 3 aromatic rings. The molecule has 3 aromatic carbocycles. The number of aryl methyl sites for hydroxylation is 1. The van der Waals surface area contributed by atoms with Crippen molar-refractivity contribution in [2.45, 2.75) is 38.2 Å². The van der Waals surface area contributed by atoms with E-state index in [0.717, 1.165) is 11.1 Å². The number of benzene rings is 3. The molecule has 10 heteroatoms. The first-order valence-electron chi connectivity index (χ1n) is 12.4. The van der Waals surface area contributed by atoms with E-state index < -0.39 is 23.8 Å². The van der Waals surface area contributed by atoms with Gasteiger partial charge in [-0.15, -0.1) is 0 Å². The minimum Gasteiger partial charge on any atom is -0.497 e. The molecule has 10 nitrogen and oxygen atoms in total. The lowest BCUT2D eigenvalue weighted by atomic mass is 9.94. The van der Waals surface area contributed by atoms with Crippen molar-refractivity contribution < 1.29 is 43.9 Å². The number of carbonyl (C=O) groups is 2. The second kappa shape index (κ2) is 11.6. The molecule has 2 atom stereocenters. The highest BCUT2D eigenvalue weighted by molar-refractivity contribution is 6.02. The Bertz CT molecular complexity index is 1310. The summed E-state index contributed by atoms with van der Waals surface area (Å²) in [6.07, 6.45) is -0.297. The minimum atomic E-state index is -2.88. The van der Waals surface area contributed by atoms with Crippen molar-refractivity contribution in [3.63, 3.8) is 0 Å². The average molecular weight is 538 g/mol. The van der Waals surface area contributed by atoms with Crippen molar-refractivity contribution in [1.29, 1.82) is 0 Å². The molecule has 206 valence electrons. The summed E-state index contributed by atoms with van der Waals surface area (Å²) in [6, 6.07) is 17.7. The minimum absolute atomic E-state index is 0.0126. The Morgan fingerprint density at radius 3 is 2.21 bits per heavy atom. The first kappa shape index (κ1) is 27.7. The van der Waals surface area contributed by atoms with Crippen LogP contribution < -0.4 is 24.3 Å². The first-order chi connectivity index (χ1) is 18.6. The molecule has 0 amide bonds. The van der Waals surface area contributed by atoms with Gasteiger partial charge < -0.3 is 39.6 Å². The number of aliphatic carboxylic acids is 2. The Hall–Kier alpha value is -4.28. The fourth-order valence-corrected chi connectivity index (χ4v) is 4.24. The summed E-state index contributed by atoms with van der Waals surface area (Å²) in [4.78, 5) is 23.7. The maximum absolute atomic E-state index is 11.8. The van der Waals surface area contributed by atoms with Crippen LogP contribution in [-0.4, -0.2) is 65.5 Å². The maximum atomic E-state index is 11.8. The van der Waals surface area contributed by atoms with Gasteiger partial charge in [-0.1, -0.05) is 35.9 Å². The summed E-state index contributed by atoms with van der Waals surface area (Å²) in [5.41, 5.74) is 3.06. The number of fused-ring (bicyclic) bond motifs is 1. The second-order valence-electron chi connectivity index (χ2n) is 9.38. The molecule has 1 aliphatic heterocycles. The molecule has 4 rings (SSSR count). The molecule has 0 aliphatic carbocycles. The summed E-state index contributed by atoms with van der Waals surface area (Å²) in [5.74, 6) is -5.09. The van der Waals surface area contributed by atoms with Crippen LogP contribution in [0.2, 0.25) is 0 Å². The van der Waals surface area contributed by atoms with Crippen LogP contribution in [0.5, 0.6) is 23.0 Å². The average Bonchev–Trinajstić information content (AvgIpc) is 3.33. The van der Waals surface area contributed by atoms with E-state index >= 15 is 0 Å². The zero-order valence-electron chi connectivity index (χ0n) is 21.8. The smallest absolute Gasteiger partial charge is 0.453 e. The number of carboxylic acids is 2. The predicted molar refractivity (Wildman–Crippen MR) is 142 cm³/mol. The second-order valence-corrected chi connectivity index (χ2v) is 9.38. The number of carboxylic acid groups (broad SMARTS) is 2. The van der Waals surface area contributed by atoms with Crippen LogP contribution in [0.1, 0.15) is 18.1 Å². The fraction of sp³-hybridized carbons (Fsp3) is 0.310. The van der Waals surface area contributed by atoms with E-state index in [1.54, 1.807) is 37.4 Å². The third-order valence-electron chi connectivity index (χ3n) is 6.34. The number of methoxy groups -OCH3 is 1. The molecule has 4 N–H and O–H groups in total. The Morgan fingerprint density at radius 1 is 0.949 bits per heavy atom. The Balaban J connectivity index is 1.52. The maximum Gasteiger partial charge on any atom is 0.453 e. The molecule has 2 unspecified atom stereocenters. The van der Waals surface area contributed by atoms with Crippen LogP contribution in [0, 0.1) is 6.92 Å². The van der Waals surface area contributed by atoms with Crippen molar-refractivity contribution in [2.24, 2.45) is 0 Å². The van der Waals surface area contributed by atoms with Crippen LogP contribution in [-0.2, 0) is 16.0 Å². The molecule has 0 bridgehead atoms. The van der Waals surface area contributed by atoms with Gasteiger partial charge in [-0.2, -0.15) is 0 Å². The zero-order chi connectivity index (χ0) is 28.2. The van der Waals surface area contributed by atoms with Crippen LogP contribution >= 0.6 is 0 Å². The lowest BCUT2D eigenvalue weighted by molar-refractivity contribution is -0.194. The highest BCUT2D eigenvalue weighted by atomic mass is 16.8. The van der Waals surface area contributed by atoms with Gasteiger partial charge in [-0.3, -0.25) is 0 Å². The SMILES string of the molecule is COc1ccc(-c2c(CC(C)NCC(O)COc3ccc(C)cc3)ccc3c2OC(C(=O)O)(C(=O)O)O3)cc1. The molecule has 1 aliphatic rings. The fourth-order valence-electron chi connectivity index (χ4n) is 4.24. The molecule has 0 radical (unpaired) electrons. The van der Waals surface area contributed by atoms with Crippen LogP contribution in [0.4, 0.5) is 0 Å². The van der Waals surface area contributed by atoms with Crippen LogP contribution in [0.15, 0.2) is 60.7 Å². The number of hydrogen-bond donors (Lipinski definition) is 4. The number of aliphatic hydroxyl groups excluding tert-OH is 1. The predicted octanol–water partition coefficient (Wildman–Crippen LogP) is 3.27. The molecular formula is C29H31NO9. The van der Waals surface area contributed by atoms with E-state index in [1.165, 1.54) is 6.07 Å². The van der Waals surface area contributed by atoms with Gasteiger partial charge >= 0.3 is 17.7 Å². The lowest BCUT2D eigenvalue weighted by Crippen LogP contribution is -2.54. The first-order valence-corrected chi connectivity index (χ1v) is 12.4. The molecule has 0 saturated heterocycles. The van der Waals surface area contributed by atoms with Crippen LogP contribution in [0.3, 0.4) is 0 Å². The van der Waals surface area contributed by atoms with Gasteiger partial charge in [0.25, 0.3) is 0 Å².